The van der Waals surface area contributed by atoms with Gasteiger partial charge in [-0.1, -0.05) is 18.7 Å². The average Bonchev–Trinajstić information content (AvgIpc) is 2.03. The third kappa shape index (κ3) is 8.91. The summed E-state index contributed by atoms with van der Waals surface area (Å²) in [6.45, 7) is 8.26. The highest BCUT2D eigenvalue weighted by atomic mass is 16.5. The summed E-state index contributed by atoms with van der Waals surface area (Å²) in [6.07, 6.45) is 4.67. The van der Waals surface area contributed by atoms with Crippen molar-refractivity contribution < 1.29 is 9.47 Å². The van der Waals surface area contributed by atoms with Crippen molar-refractivity contribution in [1.29, 1.82) is 0 Å². The maximum Gasteiger partial charge on any atom is 0.172 e. The summed E-state index contributed by atoms with van der Waals surface area (Å²) in [4.78, 5) is 3.78. The van der Waals surface area contributed by atoms with Crippen molar-refractivity contribution >= 4 is 6.40 Å². The van der Waals surface area contributed by atoms with Crippen molar-refractivity contribution in [2.75, 3.05) is 19.9 Å². The fraction of sp³-hybridized carbons (Fsp3) is 0.375. The summed E-state index contributed by atoms with van der Waals surface area (Å²) >= 11 is 0. The maximum atomic E-state index is 4.94. The van der Waals surface area contributed by atoms with Gasteiger partial charge in [-0.05, 0) is 0 Å². The molecule has 0 atom stereocenters. The summed E-state index contributed by atoms with van der Waals surface area (Å²) in [7, 11) is 0. The number of ether oxygens (including phenoxy) is 2. The summed E-state index contributed by atoms with van der Waals surface area (Å²) in [5, 5.41) is 0. The first-order valence-electron chi connectivity index (χ1n) is 3.31. The molecule has 0 aliphatic heterocycles. The first-order chi connectivity index (χ1) is 5.41. The molecular weight excluding hydrogens is 142 g/mol. The van der Waals surface area contributed by atoms with Crippen LogP contribution in [0.25, 0.3) is 0 Å². The van der Waals surface area contributed by atoms with Crippen LogP contribution in [0.3, 0.4) is 0 Å². The lowest BCUT2D eigenvalue weighted by molar-refractivity contribution is 0.170. The van der Waals surface area contributed by atoms with Gasteiger partial charge in [-0.15, -0.1) is 6.58 Å². The van der Waals surface area contributed by atoms with Gasteiger partial charge in [0.1, 0.15) is 13.3 Å². The number of rotatable bonds is 7. The molecule has 0 heterocycles. The topological polar surface area (TPSA) is 30.8 Å². The standard InChI is InChI=1S/C8H13NO2/c1-3-5-10-7-9-8-11-6-4-2/h3-4,7H,1-2,5-6,8H2. The van der Waals surface area contributed by atoms with Crippen molar-refractivity contribution in [1.82, 2.24) is 0 Å². The van der Waals surface area contributed by atoms with Gasteiger partial charge in [0, 0.05) is 0 Å². The van der Waals surface area contributed by atoms with E-state index >= 15 is 0 Å². The molecule has 0 bridgehead atoms. The minimum atomic E-state index is 0.309. The van der Waals surface area contributed by atoms with Crippen LogP contribution in [0.2, 0.25) is 0 Å². The van der Waals surface area contributed by atoms with Crippen molar-refractivity contribution in [2.45, 2.75) is 0 Å². The molecule has 0 radical (unpaired) electrons. The third-order valence-corrected chi connectivity index (χ3v) is 0.765. The first-order valence-corrected chi connectivity index (χ1v) is 3.31. The van der Waals surface area contributed by atoms with E-state index in [0.717, 1.165) is 0 Å². The SMILES string of the molecule is C=CCOC=NCOCC=C. The summed E-state index contributed by atoms with van der Waals surface area (Å²) in [6, 6.07) is 0. The van der Waals surface area contributed by atoms with Crippen LogP contribution in [0, 0.1) is 0 Å². The number of nitrogens with zero attached hydrogens (tertiary/aromatic N) is 1. The Morgan fingerprint density at radius 1 is 1.18 bits per heavy atom. The number of aliphatic imine (C=N–C) groups is 1. The molecule has 62 valence electrons. The molecule has 3 heteroatoms. The highest BCUT2D eigenvalue weighted by Gasteiger charge is 1.76. The molecule has 3 nitrogen and oxygen atoms in total. The van der Waals surface area contributed by atoms with E-state index in [1.165, 1.54) is 6.40 Å². The van der Waals surface area contributed by atoms with Gasteiger partial charge in [0.15, 0.2) is 6.40 Å². The molecule has 0 aliphatic carbocycles. The van der Waals surface area contributed by atoms with Crippen molar-refractivity contribution in [3.8, 4) is 0 Å². The van der Waals surface area contributed by atoms with Gasteiger partial charge in [-0.2, -0.15) is 0 Å². The predicted octanol–water partition coefficient (Wildman–Crippen LogP) is 1.38. The van der Waals surface area contributed by atoms with Crippen LogP contribution in [0.5, 0.6) is 0 Å². The van der Waals surface area contributed by atoms with E-state index < -0.39 is 0 Å². The normalized spacial score (nSPS) is 9.82. The monoisotopic (exact) mass is 155 g/mol. The molecule has 0 aliphatic rings. The first kappa shape index (κ1) is 9.91. The summed E-state index contributed by atoms with van der Waals surface area (Å²) in [5.41, 5.74) is 0. The highest BCUT2D eigenvalue weighted by Crippen LogP contribution is 1.76. The molecule has 0 fully saturated rings. The van der Waals surface area contributed by atoms with Gasteiger partial charge < -0.3 is 9.47 Å². The zero-order valence-electron chi connectivity index (χ0n) is 6.53. The van der Waals surface area contributed by atoms with Crippen LogP contribution < -0.4 is 0 Å². The zero-order chi connectivity index (χ0) is 8.36. The summed E-state index contributed by atoms with van der Waals surface area (Å²) < 4.78 is 9.79. The lowest BCUT2D eigenvalue weighted by atomic mass is 10.7. The van der Waals surface area contributed by atoms with Crippen LogP contribution in [-0.4, -0.2) is 26.3 Å². The molecule has 0 aromatic rings. The molecule has 11 heavy (non-hydrogen) atoms. The Labute approximate surface area is 67.0 Å². The number of hydrogen-bond acceptors (Lipinski definition) is 3. The van der Waals surface area contributed by atoms with E-state index in [9.17, 15) is 0 Å². The molecule has 0 spiro atoms. The lowest BCUT2D eigenvalue weighted by Gasteiger charge is -1.94. The van der Waals surface area contributed by atoms with Gasteiger partial charge in [0.2, 0.25) is 0 Å². The second-order valence-electron chi connectivity index (χ2n) is 1.70. The zero-order valence-corrected chi connectivity index (χ0v) is 6.53. The molecule has 0 amide bonds. The molecule has 0 N–H and O–H groups in total. The van der Waals surface area contributed by atoms with Crippen molar-refractivity contribution in [2.24, 2.45) is 4.99 Å². The Kier molecular flexibility index (Phi) is 8.03. The number of hydrogen-bond donors (Lipinski definition) is 0. The minimum Gasteiger partial charge on any atom is -0.479 e. The van der Waals surface area contributed by atoms with Crippen LogP contribution in [-0.2, 0) is 9.47 Å². The second kappa shape index (κ2) is 8.91. The molecule has 0 saturated heterocycles. The van der Waals surface area contributed by atoms with Crippen molar-refractivity contribution in [3.63, 3.8) is 0 Å². The summed E-state index contributed by atoms with van der Waals surface area (Å²) in [5.74, 6) is 0. The molecular formula is C8H13NO2. The van der Waals surface area contributed by atoms with Gasteiger partial charge in [0.25, 0.3) is 0 Å². The van der Waals surface area contributed by atoms with Crippen LogP contribution in [0.4, 0.5) is 0 Å². The van der Waals surface area contributed by atoms with Crippen molar-refractivity contribution in [3.05, 3.63) is 25.3 Å². The second-order valence-corrected chi connectivity index (χ2v) is 1.70. The van der Waals surface area contributed by atoms with Gasteiger partial charge in [-0.3, -0.25) is 0 Å². The van der Waals surface area contributed by atoms with E-state index in [0.29, 0.717) is 19.9 Å². The Balaban J connectivity index is 3.02. The van der Waals surface area contributed by atoms with E-state index in [1.54, 1.807) is 12.2 Å². The van der Waals surface area contributed by atoms with E-state index in [4.69, 9.17) is 9.47 Å². The Morgan fingerprint density at radius 2 is 1.91 bits per heavy atom. The highest BCUT2D eigenvalue weighted by molar-refractivity contribution is 5.46. The van der Waals surface area contributed by atoms with Crippen LogP contribution in [0.15, 0.2) is 30.3 Å². The quantitative estimate of drug-likeness (QED) is 0.241. The van der Waals surface area contributed by atoms with Gasteiger partial charge in [-0.25, -0.2) is 4.99 Å². The maximum absolute atomic E-state index is 4.94. The third-order valence-electron chi connectivity index (χ3n) is 0.765. The lowest BCUT2D eigenvalue weighted by Crippen LogP contribution is -1.93. The fourth-order valence-corrected chi connectivity index (χ4v) is 0.383. The smallest absolute Gasteiger partial charge is 0.172 e. The molecule has 0 aromatic heterocycles. The Morgan fingerprint density at radius 3 is 2.55 bits per heavy atom. The average molecular weight is 155 g/mol. The molecule has 0 aromatic carbocycles. The van der Waals surface area contributed by atoms with E-state index in [2.05, 4.69) is 18.2 Å². The van der Waals surface area contributed by atoms with Crippen LogP contribution in [0.1, 0.15) is 0 Å². The largest absolute Gasteiger partial charge is 0.479 e. The molecule has 0 rings (SSSR count). The van der Waals surface area contributed by atoms with Gasteiger partial charge in [0.05, 0.1) is 6.61 Å². The molecule has 0 unspecified atom stereocenters. The predicted molar refractivity (Wildman–Crippen MR) is 45.7 cm³/mol. The Bertz CT molecular complexity index is 132. The molecule has 0 saturated carbocycles. The van der Waals surface area contributed by atoms with Gasteiger partial charge >= 0.3 is 0 Å². The van der Waals surface area contributed by atoms with E-state index in [1.807, 2.05) is 0 Å². The Hall–Kier alpha value is -1.09. The van der Waals surface area contributed by atoms with E-state index in [-0.39, 0.29) is 0 Å². The van der Waals surface area contributed by atoms with Crippen LogP contribution >= 0.6 is 0 Å². The minimum absolute atomic E-state index is 0.309. The fourth-order valence-electron chi connectivity index (χ4n) is 0.383.